The van der Waals surface area contributed by atoms with E-state index in [2.05, 4.69) is 25.4 Å². The Morgan fingerprint density at radius 1 is 1.00 bits per heavy atom. The molecule has 0 saturated heterocycles. The average Bonchev–Trinajstić information content (AvgIpc) is 2.87. The molecule has 13 heteroatoms. The molecule has 0 heterocycles. The van der Waals surface area contributed by atoms with Crippen LogP contribution in [0.5, 0.6) is 0 Å². The third kappa shape index (κ3) is 12.0. The molecule has 3 atom stereocenters. The summed E-state index contributed by atoms with van der Waals surface area (Å²) in [6.45, 7) is 6.77. The monoisotopic (exact) mass is 583 g/mol. The van der Waals surface area contributed by atoms with E-state index >= 15 is 0 Å². The van der Waals surface area contributed by atoms with E-state index in [1.54, 1.807) is 45.0 Å². The maximum absolute atomic E-state index is 13.1. The van der Waals surface area contributed by atoms with E-state index in [4.69, 9.17) is 4.74 Å². The van der Waals surface area contributed by atoms with Crippen molar-refractivity contribution in [2.75, 3.05) is 20.2 Å². The van der Waals surface area contributed by atoms with Gasteiger partial charge in [0.15, 0.2) is 0 Å². The second-order valence-electron chi connectivity index (χ2n) is 10.3. The van der Waals surface area contributed by atoms with Gasteiger partial charge >= 0.3 is 18.4 Å². The summed E-state index contributed by atoms with van der Waals surface area (Å²) in [5.74, 6) is -2.11. The minimum absolute atomic E-state index is 0.0529. The number of halogens is 3. The number of esters is 1. The van der Waals surface area contributed by atoms with Crippen molar-refractivity contribution in [1.82, 2.24) is 16.0 Å². The van der Waals surface area contributed by atoms with E-state index < -0.39 is 48.0 Å². The minimum Gasteiger partial charge on any atom is -0.469 e. The number of hydrogen-bond acceptors (Lipinski definition) is 7. The standard InChI is InChI=1S/C28H36F3N3O7/c1-17-16-20(10-11-21(17)40-28(29,30)31)23(34-26(38)41-27(2,3)4)25(37)33-14-12-18-6-8-19(9-7-18)24(36)32-15-13-22(35)39-5/h6-11,16-17,21,23H,12-15H2,1-5H3,(H,32,36)(H,33,37)(H,34,38). The highest BCUT2D eigenvalue weighted by atomic mass is 19.4. The second-order valence-corrected chi connectivity index (χ2v) is 10.3. The van der Waals surface area contributed by atoms with Gasteiger partial charge in [-0.3, -0.25) is 19.1 Å². The van der Waals surface area contributed by atoms with E-state index in [0.29, 0.717) is 12.0 Å². The molecule has 1 aliphatic carbocycles. The van der Waals surface area contributed by atoms with Crippen LogP contribution in [-0.4, -0.2) is 68.2 Å². The fourth-order valence-electron chi connectivity index (χ4n) is 3.79. The highest BCUT2D eigenvalue weighted by Gasteiger charge is 2.36. The fourth-order valence-corrected chi connectivity index (χ4v) is 3.79. The molecular formula is C28H36F3N3O7. The highest BCUT2D eigenvalue weighted by molar-refractivity contribution is 5.94. The predicted molar refractivity (Wildman–Crippen MR) is 143 cm³/mol. The van der Waals surface area contributed by atoms with Crippen LogP contribution < -0.4 is 16.0 Å². The van der Waals surface area contributed by atoms with Gasteiger partial charge in [-0.2, -0.15) is 0 Å². The van der Waals surface area contributed by atoms with E-state index in [1.807, 2.05) is 0 Å². The van der Waals surface area contributed by atoms with Gasteiger partial charge in [-0.25, -0.2) is 4.79 Å². The molecule has 0 aromatic heterocycles. The van der Waals surface area contributed by atoms with Gasteiger partial charge in [-0.1, -0.05) is 37.3 Å². The predicted octanol–water partition coefficient (Wildman–Crippen LogP) is 3.57. The summed E-state index contributed by atoms with van der Waals surface area (Å²) < 4.78 is 52.0. The quantitative estimate of drug-likeness (QED) is 0.340. The van der Waals surface area contributed by atoms with Gasteiger partial charge in [-0.15, -0.1) is 13.2 Å². The molecule has 0 saturated carbocycles. The Morgan fingerprint density at radius 3 is 2.22 bits per heavy atom. The Hall–Kier alpha value is -3.87. The Kier molecular flexibility index (Phi) is 11.9. The van der Waals surface area contributed by atoms with Crippen LogP contribution in [0.15, 0.2) is 48.1 Å². The lowest BCUT2D eigenvalue weighted by Crippen LogP contribution is -2.49. The van der Waals surface area contributed by atoms with Gasteiger partial charge in [0.2, 0.25) is 5.91 Å². The number of amides is 3. The van der Waals surface area contributed by atoms with Crippen molar-refractivity contribution >= 4 is 23.9 Å². The first-order valence-corrected chi connectivity index (χ1v) is 12.9. The van der Waals surface area contributed by atoms with Crippen molar-refractivity contribution in [1.29, 1.82) is 0 Å². The molecule has 2 rings (SSSR count). The van der Waals surface area contributed by atoms with Crippen LogP contribution in [0.1, 0.15) is 50.0 Å². The average molecular weight is 584 g/mol. The molecule has 41 heavy (non-hydrogen) atoms. The van der Waals surface area contributed by atoms with E-state index in [0.717, 1.165) is 5.56 Å². The maximum Gasteiger partial charge on any atom is 0.523 e. The van der Waals surface area contributed by atoms with E-state index in [-0.39, 0.29) is 31.0 Å². The molecule has 1 aliphatic rings. The lowest BCUT2D eigenvalue weighted by Gasteiger charge is -2.28. The lowest BCUT2D eigenvalue weighted by atomic mass is 9.91. The van der Waals surface area contributed by atoms with Crippen LogP contribution in [0.2, 0.25) is 0 Å². The number of methoxy groups -OCH3 is 1. The minimum atomic E-state index is -4.83. The fraction of sp³-hybridized carbons (Fsp3) is 0.500. The topological polar surface area (TPSA) is 132 Å². The Labute approximate surface area is 236 Å². The molecule has 0 fully saturated rings. The van der Waals surface area contributed by atoms with Crippen LogP contribution >= 0.6 is 0 Å². The van der Waals surface area contributed by atoms with Crippen molar-refractivity contribution < 1.29 is 46.6 Å². The summed E-state index contributed by atoms with van der Waals surface area (Å²) in [5, 5.41) is 7.83. The van der Waals surface area contributed by atoms with Crippen LogP contribution in [-0.2, 0) is 30.2 Å². The number of ether oxygens (including phenoxy) is 3. The number of carbonyl (C=O) groups is 4. The van der Waals surface area contributed by atoms with Crippen molar-refractivity contribution in [3.63, 3.8) is 0 Å². The molecular weight excluding hydrogens is 547 g/mol. The highest BCUT2D eigenvalue weighted by Crippen LogP contribution is 2.28. The molecule has 0 radical (unpaired) electrons. The molecule has 0 bridgehead atoms. The van der Waals surface area contributed by atoms with Crippen molar-refractivity contribution in [3.8, 4) is 0 Å². The first-order valence-electron chi connectivity index (χ1n) is 12.9. The number of alkyl halides is 3. The molecule has 0 spiro atoms. The van der Waals surface area contributed by atoms with Crippen molar-refractivity contribution in [3.05, 3.63) is 59.2 Å². The third-order valence-corrected chi connectivity index (χ3v) is 5.75. The van der Waals surface area contributed by atoms with Gasteiger partial charge < -0.3 is 25.4 Å². The molecule has 1 aromatic carbocycles. The van der Waals surface area contributed by atoms with Gasteiger partial charge in [-0.05, 0) is 50.5 Å². The number of nitrogens with one attached hydrogen (secondary N) is 3. The number of carbonyl (C=O) groups excluding carboxylic acids is 4. The van der Waals surface area contributed by atoms with Crippen LogP contribution in [0.4, 0.5) is 18.0 Å². The zero-order valence-electron chi connectivity index (χ0n) is 23.6. The summed E-state index contributed by atoms with van der Waals surface area (Å²) in [6.07, 6.45) is -2.58. The summed E-state index contributed by atoms with van der Waals surface area (Å²) in [6, 6.07) is 5.41. The first kappa shape index (κ1) is 33.3. The molecule has 1 aromatic rings. The van der Waals surface area contributed by atoms with Gasteiger partial charge in [0.25, 0.3) is 5.91 Å². The van der Waals surface area contributed by atoms with Crippen molar-refractivity contribution in [2.24, 2.45) is 5.92 Å². The maximum atomic E-state index is 13.1. The second kappa shape index (κ2) is 14.7. The van der Waals surface area contributed by atoms with Gasteiger partial charge in [0.1, 0.15) is 11.6 Å². The summed E-state index contributed by atoms with van der Waals surface area (Å²) in [5.41, 5.74) is 0.642. The molecule has 226 valence electrons. The smallest absolute Gasteiger partial charge is 0.469 e. The Morgan fingerprint density at radius 2 is 1.66 bits per heavy atom. The first-order chi connectivity index (χ1) is 19.1. The number of benzene rings is 1. The molecule has 10 nitrogen and oxygen atoms in total. The van der Waals surface area contributed by atoms with Gasteiger partial charge in [0.05, 0.1) is 19.6 Å². The number of rotatable bonds is 11. The number of alkyl carbamates (subject to hydrolysis) is 1. The Bertz CT molecular complexity index is 1140. The summed E-state index contributed by atoms with van der Waals surface area (Å²) in [4.78, 5) is 48.9. The summed E-state index contributed by atoms with van der Waals surface area (Å²) >= 11 is 0. The van der Waals surface area contributed by atoms with E-state index in [1.165, 1.54) is 32.3 Å². The van der Waals surface area contributed by atoms with Crippen LogP contribution in [0.3, 0.4) is 0 Å². The molecule has 3 unspecified atom stereocenters. The van der Waals surface area contributed by atoms with Gasteiger partial charge in [0, 0.05) is 24.6 Å². The molecule has 3 amide bonds. The van der Waals surface area contributed by atoms with Crippen molar-refractivity contribution in [2.45, 2.75) is 64.6 Å². The molecule has 0 aliphatic heterocycles. The third-order valence-electron chi connectivity index (χ3n) is 5.75. The zero-order chi connectivity index (χ0) is 30.8. The SMILES string of the molecule is COC(=O)CCNC(=O)c1ccc(CCNC(=O)C(NC(=O)OC(C)(C)C)C2=CC(C)C(OC(F)(F)F)C=C2)cc1. The van der Waals surface area contributed by atoms with Crippen LogP contribution in [0, 0.1) is 5.92 Å². The Balaban J connectivity index is 2.02. The normalized spacial score (nSPS) is 17.6. The van der Waals surface area contributed by atoms with E-state index in [9.17, 15) is 32.3 Å². The summed E-state index contributed by atoms with van der Waals surface area (Å²) in [7, 11) is 1.26. The number of hydrogen-bond donors (Lipinski definition) is 3. The molecule has 3 N–H and O–H groups in total. The zero-order valence-corrected chi connectivity index (χ0v) is 23.6. The van der Waals surface area contributed by atoms with Crippen LogP contribution in [0.25, 0.3) is 0 Å². The lowest BCUT2D eigenvalue weighted by molar-refractivity contribution is -0.339. The largest absolute Gasteiger partial charge is 0.523 e.